The number of hydrogen-bond donors (Lipinski definition) is 0. The van der Waals surface area contributed by atoms with Crippen molar-refractivity contribution >= 4 is 0 Å². The van der Waals surface area contributed by atoms with Crippen molar-refractivity contribution in [3.05, 3.63) is 89.1 Å². The second kappa shape index (κ2) is 6.84. The van der Waals surface area contributed by atoms with Crippen molar-refractivity contribution in [2.45, 2.75) is 27.7 Å². The van der Waals surface area contributed by atoms with E-state index in [0.717, 1.165) is 22.6 Å². The minimum atomic E-state index is 0.942. The van der Waals surface area contributed by atoms with Gasteiger partial charge >= 0.3 is 0 Å². The lowest BCUT2D eigenvalue weighted by atomic mass is 9.93. The highest BCUT2D eigenvalue weighted by atomic mass is 15.5. The van der Waals surface area contributed by atoms with E-state index in [1.165, 1.54) is 27.8 Å². The summed E-state index contributed by atoms with van der Waals surface area (Å²) in [5.41, 5.74) is 10.1. The average molecular weight is 353 g/mol. The molecule has 1 aromatic heterocycles. The van der Waals surface area contributed by atoms with Gasteiger partial charge in [-0.25, -0.2) is 0 Å². The minimum Gasteiger partial charge on any atom is -0.153 e. The normalized spacial score (nSPS) is 11.0. The Hall–Kier alpha value is -3.20. The van der Waals surface area contributed by atoms with Crippen molar-refractivity contribution in [3.63, 3.8) is 0 Å². The summed E-state index contributed by atoms with van der Waals surface area (Å²) < 4.78 is 0. The molecule has 3 heteroatoms. The number of aromatic nitrogens is 3. The molecule has 1 heterocycles. The van der Waals surface area contributed by atoms with Crippen LogP contribution in [0.15, 0.2) is 66.7 Å². The molecule has 0 aliphatic rings. The lowest BCUT2D eigenvalue weighted by Gasteiger charge is -2.12. The molecule has 4 aromatic rings. The van der Waals surface area contributed by atoms with E-state index in [9.17, 15) is 0 Å². The number of para-hydroxylation sites is 1. The van der Waals surface area contributed by atoms with Crippen LogP contribution in [0, 0.1) is 27.7 Å². The van der Waals surface area contributed by atoms with Crippen molar-refractivity contribution in [1.29, 1.82) is 0 Å². The van der Waals surface area contributed by atoms with Gasteiger partial charge in [-0.15, -0.1) is 5.10 Å². The molecule has 0 atom stereocenters. The number of nitrogens with zero attached hydrogens (tertiary/aromatic N) is 3. The van der Waals surface area contributed by atoms with Gasteiger partial charge in [0.25, 0.3) is 0 Å². The maximum atomic E-state index is 4.84. The molecule has 27 heavy (non-hydrogen) atoms. The third-order valence-corrected chi connectivity index (χ3v) is 4.99. The van der Waals surface area contributed by atoms with Crippen LogP contribution >= 0.6 is 0 Å². The molecule has 0 aliphatic carbocycles. The Labute approximate surface area is 160 Å². The van der Waals surface area contributed by atoms with Crippen molar-refractivity contribution in [3.8, 4) is 28.1 Å². The first kappa shape index (κ1) is 17.2. The Morgan fingerprint density at radius 3 is 1.93 bits per heavy atom. The molecule has 3 nitrogen and oxygen atoms in total. The van der Waals surface area contributed by atoms with Crippen LogP contribution in [0.5, 0.6) is 0 Å². The minimum absolute atomic E-state index is 0.942. The van der Waals surface area contributed by atoms with E-state index < -0.39 is 0 Å². The van der Waals surface area contributed by atoms with E-state index in [-0.39, 0.29) is 0 Å². The van der Waals surface area contributed by atoms with Crippen LogP contribution in [0.25, 0.3) is 28.1 Å². The molecular formula is C24H23N3. The maximum Gasteiger partial charge on any atom is 0.116 e. The standard InChI is InChI=1S/C24H23N3/c1-16-10-8-9-13-22(16)27-25-19(4)24(26-27)23-17(2)14-21(15-18(23)3)20-11-6-5-7-12-20/h5-15H,1-4H3. The maximum absolute atomic E-state index is 4.84. The van der Waals surface area contributed by atoms with Crippen LogP contribution < -0.4 is 0 Å². The first-order valence-electron chi connectivity index (χ1n) is 9.21. The SMILES string of the molecule is Cc1ccccc1-n1nc(C)c(-c2c(C)cc(-c3ccccc3)cc2C)n1. The smallest absolute Gasteiger partial charge is 0.116 e. The van der Waals surface area contributed by atoms with E-state index in [2.05, 4.69) is 74.4 Å². The zero-order valence-corrected chi connectivity index (χ0v) is 16.2. The van der Waals surface area contributed by atoms with Crippen molar-refractivity contribution in [2.24, 2.45) is 0 Å². The van der Waals surface area contributed by atoms with Crippen LogP contribution in [0.1, 0.15) is 22.4 Å². The third-order valence-electron chi connectivity index (χ3n) is 4.99. The first-order valence-corrected chi connectivity index (χ1v) is 9.21. The highest BCUT2D eigenvalue weighted by Gasteiger charge is 2.16. The fourth-order valence-corrected chi connectivity index (χ4v) is 3.64. The van der Waals surface area contributed by atoms with Gasteiger partial charge in [-0.1, -0.05) is 60.7 Å². The second-order valence-corrected chi connectivity index (χ2v) is 7.06. The first-order chi connectivity index (χ1) is 13.0. The van der Waals surface area contributed by atoms with Gasteiger partial charge in [0.1, 0.15) is 5.69 Å². The third kappa shape index (κ3) is 3.17. The number of rotatable bonds is 3. The second-order valence-electron chi connectivity index (χ2n) is 7.06. The number of aryl methyl sites for hydroxylation is 4. The molecule has 0 spiro atoms. The Kier molecular flexibility index (Phi) is 4.36. The molecule has 134 valence electrons. The van der Waals surface area contributed by atoms with E-state index in [4.69, 9.17) is 5.10 Å². The van der Waals surface area contributed by atoms with Crippen molar-refractivity contribution in [1.82, 2.24) is 15.0 Å². The summed E-state index contributed by atoms with van der Waals surface area (Å²) >= 11 is 0. The van der Waals surface area contributed by atoms with Gasteiger partial charge in [0.15, 0.2) is 0 Å². The van der Waals surface area contributed by atoms with Crippen molar-refractivity contribution < 1.29 is 0 Å². The summed E-state index contributed by atoms with van der Waals surface area (Å²) in [7, 11) is 0. The fraction of sp³-hybridized carbons (Fsp3) is 0.167. The molecule has 0 aliphatic heterocycles. The van der Waals surface area contributed by atoms with E-state index in [0.29, 0.717) is 0 Å². The summed E-state index contributed by atoms with van der Waals surface area (Å²) in [6.45, 7) is 8.42. The van der Waals surface area contributed by atoms with Crippen LogP contribution in [0.4, 0.5) is 0 Å². The fourth-order valence-electron chi connectivity index (χ4n) is 3.64. The molecule has 0 radical (unpaired) electrons. The monoisotopic (exact) mass is 353 g/mol. The Balaban J connectivity index is 1.82. The Morgan fingerprint density at radius 1 is 0.630 bits per heavy atom. The highest BCUT2D eigenvalue weighted by molar-refractivity contribution is 5.75. The molecule has 0 N–H and O–H groups in total. The van der Waals surface area contributed by atoms with Gasteiger partial charge in [-0.2, -0.15) is 9.90 Å². The average Bonchev–Trinajstić information content (AvgIpc) is 3.03. The zero-order valence-electron chi connectivity index (χ0n) is 16.2. The van der Waals surface area contributed by atoms with Crippen LogP contribution in [-0.4, -0.2) is 15.0 Å². The summed E-state index contributed by atoms with van der Waals surface area (Å²) in [6, 6.07) is 23.2. The molecule has 0 unspecified atom stereocenters. The molecule has 0 bridgehead atoms. The highest BCUT2D eigenvalue weighted by Crippen LogP contribution is 2.32. The molecule has 0 saturated heterocycles. The molecule has 0 amide bonds. The topological polar surface area (TPSA) is 30.7 Å². The largest absolute Gasteiger partial charge is 0.153 e. The quantitative estimate of drug-likeness (QED) is 0.463. The van der Waals surface area contributed by atoms with Crippen molar-refractivity contribution in [2.75, 3.05) is 0 Å². The van der Waals surface area contributed by atoms with E-state index in [1.54, 1.807) is 4.80 Å². The zero-order chi connectivity index (χ0) is 19.0. The van der Waals surface area contributed by atoms with E-state index >= 15 is 0 Å². The number of hydrogen-bond acceptors (Lipinski definition) is 2. The Bertz CT molecular complexity index is 1080. The van der Waals surface area contributed by atoms with Gasteiger partial charge < -0.3 is 0 Å². The molecule has 0 saturated carbocycles. The summed E-state index contributed by atoms with van der Waals surface area (Å²) in [4.78, 5) is 1.75. The summed E-state index contributed by atoms with van der Waals surface area (Å²) in [5.74, 6) is 0. The lowest BCUT2D eigenvalue weighted by molar-refractivity contribution is 0.742. The summed E-state index contributed by atoms with van der Waals surface area (Å²) in [6.07, 6.45) is 0. The van der Waals surface area contributed by atoms with Crippen LogP contribution in [0.3, 0.4) is 0 Å². The van der Waals surface area contributed by atoms with Gasteiger partial charge in [0.05, 0.1) is 11.4 Å². The number of benzene rings is 3. The van der Waals surface area contributed by atoms with E-state index in [1.807, 2.05) is 25.1 Å². The summed E-state index contributed by atoms with van der Waals surface area (Å²) in [5, 5.41) is 9.53. The van der Waals surface area contributed by atoms with Gasteiger partial charge in [0.2, 0.25) is 0 Å². The van der Waals surface area contributed by atoms with Crippen LogP contribution in [-0.2, 0) is 0 Å². The molecular weight excluding hydrogens is 330 g/mol. The Morgan fingerprint density at radius 2 is 1.26 bits per heavy atom. The molecule has 0 fully saturated rings. The lowest BCUT2D eigenvalue weighted by Crippen LogP contribution is -2.01. The van der Waals surface area contributed by atoms with Gasteiger partial charge in [0, 0.05) is 5.56 Å². The van der Waals surface area contributed by atoms with Gasteiger partial charge in [-0.05, 0) is 61.6 Å². The predicted octanol–water partition coefficient (Wildman–Crippen LogP) is 5.83. The molecule has 3 aromatic carbocycles. The van der Waals surface area contributed by atoms with Gasteiger partial charge in [-0.3, -0.25) is 0 Å². The molecule has 4 rings (SSSR count). The predicted molar refractivity (Wildman–Crippen MR) is 111 cm³/mol. The van der Waals surface area contributed by atoms with Crippen LogP contribution in [0.2, 0.25) is 0 Å².